The molecule has 4 nitrogen and oxygen atoms in total. The Bertz CT molecular complexity index is 669. The Morgan fingerprint density at radius 1 is 1.21 bits per heavy atom. The lowest BCUT2D eigenvalue weighted by atomic mass is 9.85. The minimum atomic E-state index is -0.609. The molecular weight excluding hydrogens is 242 g/mol. The lowest BCUT2D eigenvalue weighted by Crippen LogP contribution is -2.27. The molecule has 19 heavy (non-hydrogen) atoms. The lowest BCUT2D eigenvalue weighted by molar-refractivity contribution is -0.119. The zero-order valence-corrected chi connectivity index (χ0v) is 10.7. The SMILES string of the molecule is CC1(C)C(=O)Nc2ccc(C(=O)c3ccoc3)cc21. The molecule has 1 amide bonds. The van der Waals surface area contributed by atoms with Gasteiger partial charge in [-0.2, -0.15) is 0 Å². The molecule has 0 saturated carbocycles. The maximum Gasteiger partial charge on any atom is 0.234 e. The zero-order chi connectivity index (χ0) is 13.6. The minimum absolute atomic E-state index is 0.0459. The molecule has 4 heteroatoms. The highest BCUT2D eigenvalue weighted by Gasteiger charge is 2.38. The highest BCUT2D eigenvalue weighted by atomic mass is 16.3. The second-order valence-electron chi connectivity index (χ2n) is 5.18. The first kappa shape index (κ1) is 11.7. The van der Waals surface area contributed by atoms with Gasteiger partial charge < -0.3 is 9.73 Å². The number of furan rings is 1. The molecule has 96 valence electrons. The fourth-order valence-corrected chi connectivity index (χ4v) is 2.27. The van der Waals surface area contributed by atoms with Gasteiger partial charge in [0.25, 0.3) is 0 Å². The van der Waals surface area contributed by atoms with Crippen molar-refractivity contribution in [2.24, 2.45) is 0 Å². The van der Waals surface area contributed by atoms with E-state index in [0.29, 0.717) is 11.1 Å². The molecule has 1 aliphatic rings. The van der Waals surface area contributed by atoms with Gasteiger partial charge in [-0.05, 0) is 43.7 Å². The summed E-state index contributed by atoms with van der Waals surface area (Å²) >= 11 is 0. The van der Waals surface area contributed by atoms with Gasteiger partial charge in [0.2, 0.25) is 5.91 Å². The van der Waals surface area contributed by atoms with Gasteiger partial charge in [0.05, 0.1) is 17.2 Å². The lowest BCUT2D eigenvalue weighted by Gasteiger charge is -2.15. The topological polar surface area (TPSA) is 59.3 Å². The molecule has 0 fully saturated rings. The summed E-state index contributed by atoms with van der Waals surface area (Å²) in [6.45, 7) is 3.69. The van der Waals surface area contributed by atoms with E-state index in [2.05, 4.69) is 5.32 Å². The van der Waals surface area contributed by atoms with Crippen LogP contribution in [0.2, 0.25) is 0 Å². The van der Waals surface area contributed by atoms with Gasteiger partial charge in [0.15, 0.2) is 5.78 Å². The van der Waals surface area contributed by atoms with Gasteiger partial charge in [-0.25, -0.2) is 0 Å². The van der Waals surface area contributed by atoms with Crippen LogP contribution < -0.4 is 5.32 Å². The van der Waals surface area contributed by atoms with E-state index in [1.54, 1.807) is 24.3 Å². The summed E-state index contributed by atoms with van der Waals surface area (Å²) in [7, 11) is 0. The van der Waals surface area contributed by atoms with E-state index in [1.807, 2.05) is 13.8 Å². The quantitative estimate of drug-likeness (QED) is 0.839. The molecule has 1 N–H and O–H groups in total. The van der Waals surface area contributed by atoms with Crippen molar-refractivity contribution < 1.29 is 14.0 Å². The van der Waals surface area contributed by atoms with Gasteiger partial charge in [-0.15, -0.1) is 0 Å². The van der Waals surface area contributed by atoms with Crippen LogP contribution >= 0.6 is 0 Å². The number of benzene rings is 1. The molecule has 2 heterocycles. The maximum atomic E-state index is 12.2. The highest BCUT2D eigenvalue weighted by Crippen LogP contribution is 2.37. The third kappa shape index (κ3) is 1.68. The molecule has 0 atom stereocenters. The zero-order valence-electron chi connectivity index (χ0n) is 10.7. The standard InChI is InChI=1S/C15H13NO3/c1-15(2)11-7-9(3-4-12(11)16-14(15)18)13(17)10-5-6-19-8-10/h3-8H,1-2H3,(H,16,18). The van der Waals surface area contributed by atoms with Crippen molar-refractivity contribution in [1.82, 2.24) is 0 Å². The third-order valence-electron chi connectivity index (χ3n) is 3.55. The number of hydrogen-bond donors (Lipinski definition) is 1. The maximum absolute atomic E-state index is 12.2. The predicted molar refractivity (Wildman–Crippen MR) is 70.2 cm³/mol. The van der Waals surface area contributed by atoms with Crippen molar-refractivity contribution in [2.45, 2.75) is 19.3 Å². The van der Waals surface area contributed by atoms with Gasteiger partial charge in [-0.3, -0.25) is 9.59 Å². The summed E-state index contributed by atoms with van der Waals surface area (Å²) < 4.78 is 4.92. The molecule has 0 aliphatic carbocycles. The number of carbonyl (C=O) groups is 2. The van der Waals surface area contributed by atoms with Gasteiger partial charge in [0.1, 0.15) is 6.26 Å². The van der Waals surface area contributed by atoms with Crippen LogP contribution in [0.25, 0.3) is 0 Å². The number of nitrogens with one attached hydrogen (secondary N) is 1. The molecule has 1 aromatic carbocycles. The second kappa shape index (κ2) is 3.82. The molecule has 1 aliphatic heterocycles. The van der Waals surface area contributed by atoms with Crippen LogP contribution in [0.3, 0.4) is 0 Å². The fraction of sp³-hybridized carbons (Fsp3) is 0.200. The number of amides is 1. The first-order valence-electron chi connectivity index (χ1n) is 6.03. The van der Waals surface area contributed by atoms with Crippen molar-refractivity contribution in [3.63, 3.8) is 0 Å². The molecule has 0 unspecified atom stereocenters. The van der Waals surface area contributed by atoms with Gasteiger partial charge >= 0.3 is 0 Å². The van der Waals surface area contributed by atoms with E-state index >= 15 is 0 Å². The summed E-state index contributed by atoms with van der Waals surface area (Å²) in [4.78, 5) is 24.1. The summed E-state index contributed by atoms with van der Waals surface area (Å²) in [5, 5.41) is 2.82. The fourth-order valence-electron chi connectivity index (χ4n) is 2.27. The Morgan fingerprint density at radius 3 is 2.68 bits per heavy atom. The number of ketones is 1. The van der Waals surface area contributed by atoms with Crippen LogP contribution in [-0.4, -0.2) is 11.7 Å². The molecule has 0 spiro atoms. The first-order valence-corrected chi connectivity index (χ1v) is 6.03. The van der Waals surface area contributed by atoms with E-state index < -0.39 is 5.41 Å². The summed E-state index contributed by atoms with van der Waals surface area (Å²) in [6, 6.07) is 6.90. The number of carbonyl (C=O) groups excluding carboxylic acids is 2. The van der Waals surface area contributed by atoms with Gasteiger partial charge in [-0.1, -0.05) is 0 Å². The van der Waals surface area contributed by atoms with Crippen molar-refractivity contribution in [3.8, 4) is 0 Å². The molecule has 3 rings (SSSR count). The molecule has 2 aromatic rings. The number of hydrogen-bond acceptors (Lipinski definition) is 3. The van der Waals surface area contributed by atoms with Crippen LogP contribution in [0, 0.1) is 0 Å². The van der Waals surface area contributed by atoms with E-state index in [4.69, 9.17) is 4.42 Å². The molecule has 0 saturated heterocycles. The van der Waals surface area contributed by atoms with Crippen LogP contribution in [-0.2, 0) is 10.2 Å². The Kier molecular flexibility index (Phi) is 2.35. The summed E-state index contributed by atoms with van der Waals surface area (Å²) in [5.41, 5.74) is 2.09. The smallest absolute Gasteiger partial charge is 0.234 e. The minimum Gasteiger partial charge on any atom is -0.472 e. The van der Waals surface area contributed by atoms with Crippen molar-refractivity contribution >= 4 is 17.4 Å². The van der Waals surface area contributed by atoms with E-state index in [1.165, 1.54) is 12.5 Å². The van der Waals surface area contributed by atoms with E-state index in [9.17, 15) is 9.59 Å². The number of fused-ring (bicyclic) bond motifs is 1. The molecule has 1 aromatic heterocycles. The van der Waals surface area contributed by atoms with E-state index in [-0.39, 0.29) is 11.7 Å². The Morgan fingerprint density at radius 2 is 2.00 bits per heavy atom. The third-order valence-corrected chi connectivity index (χ3v) is 3.55. The molecule has 0 bridgehead atoms. The summed E-state index contributed by atoms with van der Waals surface area (Å²) in [5.74, 6) is -0.151. The van der Waals surface area contributed by atoms with Crippen LogP contribution in [0.15, 0.2) is 41.2 Å². The predicted octanol–water partition coefficient (Wildman–Crippen LogP) is 2.74. The molecule has 0 radical (unpaired) electrons. The van der Waals surface area contributed by atoms with Crippen molar-refractivity contribution in [2.75, 3.05) is 5.32 Å². The van der Waals surface area contributed by atoms with Crippen molar-refractivity contribution in [1.29, 1.82) is 0 Å². The van der Waals surface area contributed by atoms with Crippen LogP contribution in [0.5, 0.6) is 0 Å². The monoisotopic (exact) mass is 255 g/mol. The normalized spacial score (nSPS) is 16.0. The Balaban J connectivity index is 2.06. The van der Waals surface area contributed by atoms with Crippen LogP contribution in [0.4, 0.5) is 5.69 Å². The van der Waals surface area contributed by atoms with Gasteiger partial charge in [0, 0.05) is 11.3 Å². The summed E-state index contributed by atoms with van der Waals surface area (Å²) in [6.07, 6.45) is 2.89. The highest BCUT2D eigenvalue weighted by molar-refractivity contribution is 6.11. The van der Waals surface area contributed by atoms with E-state index in [0.717, 1.165) is 11.3 Å². The Hall–Kier alpha value is -2.36. The first-order chi connectivity index (χ1) is 9.00. The second-order valence-corrected chi connectivity index (χ2v) is 5.18. The van der Waals surface area contributed by atoms with Crippen LogP contribution in [0.1, 0.15) is 35.3 Å². The average Bonchev–Trinajstić information content (AvgIpc) is 2.98. The largest absolute Gasteiger partial charge is 0.472 e. The molecular formula is C15H13NO3. The number of rotatable bonds is 2. The number of anilines is 1. The van der Waals surface area contributed by atoms with Crippen molar-refractivity contribution in [3.05, 3.63) is 53.5 Å². The average molecular weight is 255 g/mol. The Labute approximate surface area is 110 Å².